The number of aryl methyl sites for hydroxylation is 2. The Morgan fingerprint density at radius 1 is 0.962 bits per heavy atom. The van der Waals surface area contributed by atoms with Crippen molar-refractivity contribution in [1.82, 2.24) is 0 Å². The van der Waals surface area contributed by atoms with Crippen molar-refractivity contribution < 1.29 is 9.59 Å². The van der Waals surface area contributed by atoms with E-state index >= 15 is 0 Å². The molecule has 0 radical (unpaired) electrons. The number of halogens is 1. The van der Waals surface area contributed by atoms with Gasteiger partial charge in [-0.25, -0.2) is 4.90 Å². The van der Waals surface area contributed by atoms with Crippen LogP contribution in [-0.2, 0) is 9.59 Å². The Kier molecular flexibility index (Phi) is 4.88. The summed E-state index contributed by atoms with van der Waals surface area (Å²) in [6, 6.07) is 13.3. The summed E-state index contributed by atoms with van der Waals surface area (Å²) in [7, 11) is 0. The SMILES string of the molecule is Cc1ccc(N2C(=O)C(Cl)=C(Nc3ccc(C(C)C)cc3)C2=O)c(C)c1. The zero-order valence-corrected chi connectivity index (χ0v) is 16.0. The minimum absolute atomic E-state index is 0.0945. The Hall–Kier alpha value is -2.59. The highest BCUT2D eigenvalue weighted by molar-refractivity contribution is 6.53. The molecular weight excluding hydrogens is 348 g/mol. The average molecular weight is 369 g/mol. The molecule has 1 aliphatic rings. The van der Waals surface area contributed by atoms with E-state index in [4.69, 9.17) is 11.6 Å². The van der Waals surface area contributed by atoms with E-state index in [0.717, 1.165) is 16.0 Å². The lowest BCUT2D eigenvalue weighted by molar-refractivity contribution is -0.120. The maximum absolute atomic E-state index is 12.8. The van der Waals surface area contributed by atoms with Gasteiger partial charge < -0.3 is 5.32 Å². The second-order valence-corrected chi connectivity index (χ2v) is 7.20. The van der Waals surface area contributed by atoms with Crippen molar-refractivity contribution >= 4 is 34.8 Å². The van der Waals surface area contributed by atoms with Crippen LogP contribution in [0.4, 0.5) is 11.4 Å². The van der Waals surface area contributed by atoms with Crippen LogP contribution in [0.2, 0.25) is 0 Å². The first-order chi connectivity index (χ1) is 12.3. The molecule has 0 unspecified atom stereocenters. The van der Waals surface area contributed by atoms with Crippen molar-refractivity contribution in [2.24, 2.45) is 0 Å². The third-order valence-electron chi connectivity index (χ3n) is 4.47. The van der Waals surface area contributed by atoms with Gasteiger partial charge in [-0.15, -0.1) is 0 Å². The van der Waals surface area contributed by atoms with Gasteiger partial charge in [0.2, 0.25) is 0 Å². The van der Waals surface area contributed by atoms with Gasteiger partial charge in [-0.2, -0.15) is 0 Å². The standard InChI is InChI=1S/C21H21ClN2O2/c1-12(2)15-6-8-16(9-7-15)23-19-18(22)20(25)24(21(19)26)17-10-5-13(3)11-14(17)4/h5-12,23H,1-4H3. The molecule has 0 spiro atoms. The van der Waals surface area contributed by atoms with Crippen LogP contribution in [0.1, 0.15) is 36.5 Å². The topological polar surface area (TPSA) is 49.4 Å². The van der Waals surface area contributed by atoms with Gasteiger partial charge in [-0.1, -0.05) is 55.3 Å². The predicted octanol–water partition coefficient (Wildman–Crippen LogP) is 4.86. The summed E-state index contributed by atoms with van der Waals surface area (Å²) in [6.45, 7) is 8.06. The molecule has 2 amide bonds. The van der Waals surface area contributed by atoms with Crippen LogP contribution in [0, 0.1) is 13.8 Å². The number of nitrogens with one attached hydrogen (secondary N) is 1. The Morgan fingerprint density at radius 2 is 1.62 bits per heavy atom. The average Bonchev–Trinajstić information content (AvgIpc) is 2.80. The fraction of sp³-hybridized carbons (Fsp3) is 0.238. The second kappa shape index (κ2) is 6.96. The summed E-state index contributed by atoms with van der Waals surface area (Å²) < 4.78 is 0. The molecule has 0 fully saturated rings. The number of rotatable bonds is 4. The molecule has 1 heterocycles. The molecule has 134 valence electrons. The number of carbonyl (C=O) groups excluding carboxylic acids is 2. The van der Waals surface area contributed by atoms with Crippen LogP contribution in [0.25, 0.3) is 0 Å². The number of benzene rings is 2. The van der Waals surface area contributed by atoms with Crippen molar-refractivity contribution in [3.8, 4) is 0 Å². The molecular formula is C21H21ClN2O2. The quantitative estimate of drug-likeness (QED) is 0.784. The lowest BCUT2D eigenvalue weighted by Crippen LogP contribution is -2.32. The van der Waals surface area contributed by atoms with Crippen molar-refractivity contribution in [2.75, 3.05) is 10.2 Å². The highest BCUT2D eigenvalue weighted by atomic mass is 35.5. The van der Waals surface area contributed by atoms with Crippen LogP contribution in [0.5, 0.6) is 0 Å². The molecule has 0 saturated carbocycles. The Labute approximate surface area is 158 Å². The summed E-state index contributed by atoms with van der Waals surface area (Å²) in [6.07, 6.45) is 0. The molecule has 0 aromatic heterocycles. The van der Waals surface area contributed by atoms with Crippen molar-refractivity contribution in [1.29, 1.82) is 0 Å². The maximum atomic E-state index is 12.8. The molecule has 0 bridgehead atoms. The van der Waals surface area contributed by atoms with Crippen molar-refractivity contribution in [3.05, 3.63) is 69.9 Å². The van der Waals surface area contributed by atoms with Gasteiger partial charge in [-0.3, -0.25) is 9.59 Å². The van der Waals surface area contributed by atoms with E-state index in [0.29, 0.717) is 17.3 Å². The summed E-state index contributed by atoms with van der Waals surface area (Å²) >= 11 is 6.19. The number of amides is 2. The van der Waals surface area contributed by atoms with Crippen LogP contribution in [0.3, 0.4) is 0 Å². The molecule has 1 N–H and O–H groups in total. The number of hydrogen-bond acceptors (Lipinski definition) is 3. The van der Waals surface area contributed by atoms with Gasteiger partial charge in [-0.05, 0) is 49.1 Å². The highest BCUT2D eigenvalue weighted by Gasteiger charge is 2.39. The predicted molar refractivity (Wildman–Crippen MR) is 105 cm³/mol. The summed E-state index contributed by atoms with van der Waals surface area (Å²) in [5.41, 5.74) is 4.48. The zero-order valence-electron chi connectivity index (χ0n) is 15.3. The van der Waals surface area contributed by atoms with E-state index in [9.17, 15) is 9.59 Å². The van der Waals surface area contributed by atoms with Crippen molar-refractivity contribution in [2.45, 2.75) is 33.6 Å². The monoisotopic (exact) mass is 368 g/mol. The molecule has 0 aliphatic carbocycles. The number of carbonyl (C=O) groups is 2. The Balaban J connectivity index is 1.89. The van der Waals surface area contributed by atoms with Gasteiger partial charge in [0.05, 0.1) is 5.69 Å². The van der Waals surface area contributed by atoms with E-state index in [1.165, 1.54) is 5.56 Å². The largest absolute Gasteiger partial charge is 0.350 e. The molecule has 26 heavy (non-hydrogen) atoms. The number of hydrogen-bond donors (Lipinski definition) is 1. The first-order valence-electron chi connectivity index (χ1n) is 8.52. The molecule has 0 atom stereocenters. The first kappa shape index (κ1) is 18.2. The summed E-state index contributed by atoms with van der Waals surface area (Å²) in [4.78, 5) is 26.5. The van der Waals surface area contributed by atoms with Crippen LogP contribution < -0.4 is 10.2 Å². The number of anilines is 2. The minimum Gasteiger partial charge on any atom is -0.350 e. The summed E-state index contributed by atoms with van der Waals surface area (Å²) in [5, 5.41) is 2.91. The van der Waals surface area contributed by atoms with E-state index in [2.05, 4.69) is 19.2 Å². The molecule has 3 rings (SSSR count). The van der Waals surface area contributed by atoms with Crippen molar-refractivity contribution in [3.63, 3.8) is 0 Å². The Morgan fingerprint density at radius 3 is 2.19 bits per heavy atom. The highest BCUT2D eigenvalue weighted by Crippen LogP contribution is 2.32. The Bertz CT molecular complexity index is 914. The smallest absolute Gasteiger partial charge is 0.283 e. The third kappa shape index (κ3) is 3.25. The first-order valence-corrected chi connectivity index (χ1v) is 8.90. The fourth-order valence-corrected chi connectivity index (χ4v) is 3.19. The number of nitrogens with zero attached hydrogens (tertiary/aromatic N) is 1. The van der Waals surface area contributed by atoms with Gasteiger partial charge in [0, 0.05) is 5.69 Å². The van der Waals surface area contributed by atoms with Gasteiger partial charge in [0.25, 0.3) is 11.8 Å². The zero-order chi connectivity index (χ0) is 19.0. The van der Waals surface area contributed by atoms with E-state index < -0.39 is 11.8 Å². The molecule has 1 aliphatic heterocycles. The van der Waals surface area contributed by atoms with E-state index in [1.807, 2.05) is 50.2 Å². The fourth-order valence-electron chi connectivity index (χ4n) is 2.98. The number of imide groups is 1. The summed E-state index contributed by atoms with van der Waals surface area (Å²) in [5.74, 6) is -0.536. The van der Waals surface area contributed by atoms with Crippen LogP contribution in [-0.4, -0.2) is 11.8 Å². The van der Waals surface area contributed by atoms with E-state index in [-0.39, 0.29) is 10.7 Å². The minimum atomic E-state index is -0.509. The molecule has 5 heteroatoms. The van der Waals surface area contributed by atoms with Gasteiger partial charge in [0.1, 0.15) is 10.7 Å². The van der Waals surface area contributed by atoms with Gasteiger partial charge >= 0.3 is 0 Å². The normalized spacial score (nSPS) is 14.6. The molecule has 2 aromatic carbocycles. The van der Waals surface area contributed by atoms with E-state index in [1.54, 1.807) is 6.07 Å². The van der Waals surface area contributed by atoms with Gasteiger partial charge in [0.15, 0.2) is 0 Å². The van der Waals surface area contributed by atoms with Crippen LogP contribution in [0.15, 0.2) is 53.2 Å². The lowest BCUT2D eigenvalue weighted by Gasteiger charge is -2.18. The lowest BCUT2D eigenvalue weighted by atomic mass is 10.0. The third-order valence-corrected chi connectivity index (χ3v) is 4.82. The maximum Gasteiger partial charge on any atom is 0.283 e. The molecule has 0 saturated heterocycles. The molecule has 4 nitrogen and oxygen atoms in total. The molecule has 2 aromatic rings. The van der Waals surface area contributed by atoms with Crippen LogP contribution >= 0.6 is 11.6 Å². The second-order valence-electron chi connectivity index (χ2n) is 6.83.